The van der Waals surface area contributed by atoms with Crippen molar-refractivity contribution in [2.45, 2.75) is 27.2 Å². The molecule has 0 amide bonds. The molecule has 0 saturated heterocycles. The van der Waals surface area contributed by atoms with Crippen LogP contribution in [0, 0.1) is 17.8 Å². The van der Waals surface area contributed by atoms with Crippen LogP contribution >= 0.6 is 7.82 Å². The summed E-state index contributed by atoms with van der Waals surface area (Å²) in [7, 11) is -4.64. The van der Waals surface area contributed by atoms with Gasteiger partial charge in [0.05, 0.1) is 0 Å². The zero-order valence-corrected chi connectivity index (χ0v) is 11.2. The quantitative estimate of drug-likeness (QED) is 0.455. The first-order chi connectivity index (χ1) is 7.49. The van der Waals surface area contributed by atoms with Gasteiger partial charge in [0.1, 0.15) is 0 Å². The molecule has 0 heterocycles. The number of hydrogen-bond donors (Lipinski definition) is 5. The Balaban J connectivity index is 0. The van der Waals surface area contributed by atoms with Crippen LogP contribution in [0.3, 0.4) is 0 Å². The van der Waals surface area contributed by atoms with Crippen LogP contribution in [0.2, 0.25) is 0 Å². The van der Waals surface area contributed by atoms with Crippen molar-refractivity contribution in [3.8, 4) is 0 Å². The van der Waals surface area contributed by atoms with Gasteiger partial charge in [-0.2, -0.15) is 0 Å². The van der Waals surface area contributed by atoms with Gasteiger partial charge in [-0.15, -0.1) is 0 Å². The number of nitrogens with two attached hydrogens (primary N) is 1. The van der Waals surface area contributed by atoms with Gasteiger partial charge in [-0.3, -0.25) is 4.79 Å². The smallest absolute Gasteiger partial charge is 0.466 e. The topological polar surface area (TPSA) is 141 Å². The highest BCUT2D eigenvalue weighted by Crippen LogP contribution is 2.25. The second-order valence-corrected chi connectivity index (χ2v) is 5.24. The number of carbonyl (C=O) groups is 1. The molecule has 0 fully saturated rings. The highest BCUT2D eigenvalue weighted by atomic mass is 31.2. The van der Waals surface area contributed by atoms with E-state index < -0.39 is 13.8 Å². The summed E-state index contributed by atoms with van der Waals surface area (Å²) in [4.78, 5) is 32.0. The Labute approximate surface area is 101 Å². The number of aliphatic carboxylic acids is 1. The van der Waals surface area contributed by atoms with Crippen molar-refractivity contribution in [3.63, 3.8) is 0 Å². The predicted octanol–water partition coefficient (Wildman–Crippen LogP) is 0.399. The van der Waals surface area contributed by atoms with Gasteiger partial charge in [0.25, 0.3) is 0 Å². The molecule has 0 aromatic rings. The average Bonchev–Trinajstić information content (AvgIpc) is 2.09. The van der Waals surface area contributed by atoms with Gasteiger partial charge in [0.15, 0.2) is 0 Å². The third-order valence-corrected chi connectivity index (χ3v) is 2.53. The van der Waals surface area contributed by atoms with Crippen molar-refractivity contribution < 1.29 is 29.1 Å². The predicted molar refractivity (Wildman–Crippen MR) is 63.1 cm³/mol. The third-order valence-electron chi connectivity index (χ3n) is 2.53. The molecular weight excluding hydrogens is 249 g/mol. The molecule has 2 atom stereocenters. The molecule has 0 rings (SSSR count). The average molecular weight is 271 g/mol. The van der Waals surface area contributed by atoms with E-state index in [2.05, 4.69) is 20.8 Å². The summed E-state index contributed by atoms with van der Waals surface area (Å²) in [6, 6.07) is 0. The second-order valence-electron chi connectivity index (χ2n) is 4.21. The lowest BCUT2D eigenvalue weighted by molar-refractivity contribution is -0.138. The lowest BCUT2D eigenvalue weighted by Gasteiger charge is -2.24. The molecule has 0 saturated carbocycles. The lowest BCUT2D eigenvalue weighted by Crippen LogP contribution is -2.27. The van der Waals surface area contributed by atoms with E-state index in [0.717, 1.165) is 0 Å². The molecule has 0 radical (unpaired) electrons. The standard InChI is InChI=1S/C9H19NO2.H3O4P/c1-6(2)7(3)8(5-10)4-9(11)12;1-5(2,3)4/h6-8H,4-5,10H2,1-3H3,(H,11,12);(H3,1,2,3,4)/t7-,8-;/m0./s1. The summed E-state index contributed by atoms with van der Waals surface area (Å²) in [5.74, 6) is 0.240. The highest BCUT2D eigenvalue weighted by molar-refractivity contribution is 7.45. The molecule has 0 bridgehead atoms. The van der Waals surface area contributed by atoms with Crippen molar-refractivity contribution in [2.24, 2.45) is 23.5 Å². The van der Waals surface area contributed by atoms with E-state index in [1.165, 1.54) is 0 Å². The van der Waals surface area contributed by atoms with Gasteiger partial charge in [-0.1, -0.05) is 20.8 Å². The molecule has 0 aromatic heterocycles. The molecular formula is C9H22NO6P. The monoisotopic (exact) mass is 271 g/mol. The minimum atomic E-state index is -4.64. The number of carboxylic acid groups (broad SMARTS) is 1. The van der Waals surface area contributed by atoms with Gasteiger partial charge in [0.2, 0.25) is 0 Å². The Morgan fingerprint density at radius 2 is 1.59 bits per heavy atom. The fourth-order valence-corrected chi connectivity index (χ4v) is 1.25. The molecule has 7 nitrogen and oxygen atoms in total. The maximum absolute atomic E-state index is 10.4. The van der Waals surface area contributed by atoms with E-state index in [1.807, 2.05) is 0 Å². The van der Waals surface area contributed by atoms with Gasteiger partial charge < -0.3 is 25.5 Å². The number of rotatable bonds is 5. The summed E-state index contributed by atoms with van der Waals surface area (Å²) < 4.78 is 8.88. The molecule has 0 spiro atoms. The van der Waals surface area contributed by atoms with E-state index in [0.29, 0.717) is 18.4 Å². The van der Waals surface area contributed by atoms with Crippen LogP contribution in [0.15, 0.2) is 0 Å². The minimum Gasteiger partial charge on any atom is -0.481 e. The number of carboxylic acids is 1. The zero-order chi connectivity index (χ0) is 14.2. The Kier molecular flexibility index (Phi) is 9.56. The number of hydrogen-bond acceptors (Lipinski definition) is 3. The molecule has 0 unspecified atom stereocenters. The first-order valence-corrected chi connectivity index (χ1v) is 6.75. The van der Waals surface area contributed by atoms with Crippen LogP contribution in [0.25, 0.3) is 0 Å². The van der Waals surface area contributed by atoms with Crippen LogP contribution < -0.4 is 5.73 Å². The van der Waals surface area contributed by atoms with E-state index in [-0.39, 0.29) is 12.3 Å². The summed E-state index contributed by atoms with van der Waals surface area (Å²) in [6.45, 7) is 6.71. The van der Waals surface area contributed by atoms with E-state index in [9.17, 15) is 4.79 Å². The molecule has 17 heavy (non-hydrogen) atoms. The Morgan fingerprint density at radius 1 is 1.24 bits per heavy atom. The lowest BCUT2D eigenvalue weighted by atomic mass is 9.83. The summed E-state index contributed by atoms with van der Waals surface area (Å²) >= 11 is 0. The molecule has 0 aliphatic carbocycles. The van der Waals surface area contributed by atoms with Crippen molar-refractivity contribution in [1.82, 2.24) is 0 Å². The first kappa shape index (κ1) is 18.9. The van der Waals surface area contributed by atoms with Crippen molar-refractivity contribution in [1.29, 1.82) is 0 Å². The summed E-state index contributed by atoms with van der Waals surface area (Å²) in [5, 5.41) is 8.59. The fourth-order valence-electron chi connectivity index (χ4n) is 1.25. The third kappa shape index (κ3) is 15.5. The van der Waals surface area contributed by atoms with Crippen molar-refractivity contribution in [3.05, 3.63) is 0 Å². The van der Waals surface area contributed by atoms with Gasteiger partial charge in [0, 0.05) is 6.42 Å². The Bertz CT molecular complexity index is 256. The molecule has 0 aliphatic heterocycles. The zero-order valence-electron chi connectivity index (χ0n) is 10.3. The Hall–Kier alpha value is -0.460. The number of phosphoric acid groups is 1. The van der Waals surface area contributed by atoms with Gasteiger partial charge >= 0.3 is 13.8 Å². The molecule has 104 valence electrons. The minimum absolute atomic E-state index is 0.113. The van der Waals surface area contributed by atoms with Crippen molar-refractivity contribution >= 4 is 13.8 Å². The van der Waals surface area contributed by atoms with E-state index in [1.54, 1.807) is 0 Å². The second kappa shape index (κ2) is 8.60. The fraction of sp³-hybridized carbons (Fsp3) is 0.889. The molecule has 8 heteroatoms. The van der Waals surface area contributed by atoms with Crippen LogP contribution in [0.5, 0.6) is 0 Å². The van der Waals surface area contributed by atoms with E-state index in [4.69, 9.17) is 30.1 Å². The summed E-state index contributed by atoms with van der Waals surface area (Å²) in [5.41, 5.74) is 5.50. The Morgan fingerprint density at radius 3 is 1.76 bits per heavy atom. The molecule has 0 aromatic carbocycles. The van der Waals surface area contributed by atoms with Crippen molar-refractivity contribution in [2.75, 3.05) is 6.54 Å². The highest BCUT2D eigenvalue weighted by Gasteiger charge is 2.21. The van der Waals surface area contributed by atoms with Crippen LogP contribution in [0.1, 0.15) is 27.2 Å². The molecule has 6 N–H and O–H groups in total. The van der Waals surface area contributed by atoms with Crippen LogP contribution in [-0.4, -0.2) is 32.3 Å². The maximum atomic E-state index is 10.4. The van der Waals surface area contributed by atoms with Gasteiger partial charge in [-0.05, 0) is 24.3 Å². The van der Waals surface area contributed by atoms with E-state index >= 15 is 0 Å². The largest absolute Gasteiger partial charge is 0.481 e. The molecule has 0 aliphatic rings. The van der Waals surface area contributed by atoms with Gasteiger partial charge in [-0.25, -0.2) is 4.57 Å². The first-order valence-electron chi connectivity index (χ1n) is 5.19. The van der Waals surface area contributed by atoms with Crippen LogP contribution in [0.4, 0.5) is 0 Å². The summed E-state index contributed by atoms with van der Waals surface area (Å²) in [6.07, 6.45) is 0.190. The van der Waals surface area contributed by atoms with Crippen LogP contribution in [-0.2, 0) is 9.36 Å². The maximum Gasteiger partial charge on any atom is 0.466 e. The normalized spacial score (nSPS) is 14.8. The SMILES string of the molecule is CC(C)[C@H](C)[C@H](CN)CC(=O)O.O=P(O)(O)O.